The number of thioether (sulfide) groups is 1. The van der Waals surface area contributed by atoms with Crippen LogP contribution in [0.1, 0.15) is 16.7 Å². The largest absolute Gasteiger partial charge is 0.486 e. The maximum Gasteiger partial charge on any atom is 0.293 e. The molecule has 0 N–H and O–H groups in total. The number of carbonyl (C=O) groups is 2. The summed E-state index contributed by atoms with van der Waals surface area (Å²) in [6, 6.07) is 16.1. The summed E-state index contributed by atoms with van der Waals surface area (Å²) in [7, 11) is 0. The van der Waals surface area contributed by atoms with Crippen molar-refractivity contribution in [3.8, 4) is 5.75 Å². The van der Waals surface area contributed by atoms with Gasteiger partial charge in [0.15, 0.2) is 0 Å². The fraction of sp³-hybridized carbons (Fsp3) is 0.0833. The van der Waals surface area contributed by atoms with E-state index in [0.717, 1.165) is 22.9 Å². The van der Waals surface area contributed by atoms with Crippen molar-refractivity contribution in [2.75, 3.05) is 0 Å². The fourth-order valence-electron chi connectivity index (χ4n) is 3.17. The number of hydrogen-bond acceptors (Lipinski definition) is 4. The Hall–Kier alpha value is -1.48. The van der Waals surface area contributed by atoms with Crippen molar-refractivity contribution in [3.05, 3.63) is 100 Å². The number of rotatable bonds is 6. The second-order valence-electron chi connectivity index (χ2n) is 7.21. The molecule has 4 nitrogen and oxygen atoms in total. The lowest BCUT2D eigenvalue weighted by atomic mass is 10.2. The third-order valence-electron chi connectivity index (χ3n) is 4.85. The van der Waals surface area contributed by atoms with Gasteiger partial charge in [-0.05, 0) is 91.2 Å². The number of ether oxygens (including phenoxy) is 1. The molecule has 0 aromatic heterocycles. The van der Waals surface area contributed by atoms with Gasteiger partial charge in [-0.25, -0.2) is 0 Å². The Balaban J connectivity index is 1.51. The highest BCUT2D eigenvalue weighted by atomic mass is 79.9. The lowest BCUT2D eigenvalue weighted by Crippen LogP contribution is -2.27. The van der Waals surface area contributed by atoms with Gasteiger partial charge in [0.25, 0.3) is 11.1 Å². The lowest BCUT2D eigenvalue weighted by Gasteiger charge is -2.13. The molecule has 0 unspecified atom stereocenters. The van der Waals surface area contributed by atoms with E-state index in [2.05, 4.69) is 31.9 Å². The second-order valence-corrected chi connectivity index (χ2v) is 11.1. The number of amides is 2. The molecule has 0 atom stereocenters. The average Bonchev–Trinajstić information content (AvgIpc) is 3.04. The zero-order valence-corrected chi connectivity index (χ0v) is 23.4. The van der Waals surface area contributed by atoms with Crippen molar-refractivity contribution < 1.29 is 14.3 Å². The van der Waals surface area contributed by atoms with Crippen LogP contribution in [0.2, 0.25) is 15.1 Å². The van der Waals surface area contributed by atoms with Gasteiger partial charge in [0, 0.05) is 10.6 Å². The Kier molecular flexibility index (Phi) is 8.33. The molecule has 0 radical (unpaired) electrons. The molecule has 1 saturated heterocycles. The highest BCUT2D eigenvalue weighted by Gasteiger charge is 2.35. The number of halogens is 5. The maximum atomic E-state index is 12.9. The lowest BCUT2D eigenvalue weighted by molar-refractivity contribution is -0.123. The molecule has 0 spiro atoms. The third-order valence-corrected chi connectivity index (χ3v) is 8.04. The molecule has 3 aromatic carbocycles. The van der Waals surface area contributed by atoms with E-state index in [1.165, 1.54) is 4.90 Å². The van der Waals surface area contributed by atoms with Crippen LogP contribution >= 0.6 is 78.4 Å². The predicted octanol–water partition coefficient (Wildman–Crippen LogP) is 8.99. The summed E-state index contributed by atoms with van der Waals surface area (Å²) in [5.74, 6) is 0.233. The number of benzene rings is 3. The van der Waals surface area contributed by atoms with Crippen LogP contribution in [0.15, 0.2) is 68.4 Å². The minimum atomic E-state index is -0.368. The first-order valence-electron chi connectivity index (χ1n) is 9.77. The Labute approximate surface area is 232 Å². The molecular formula is C24H14Br2Cl3NO3S. The summed E-state index contributed by atoms with van der Waals surface area (Å²) in [5, 5.41) is 1.06. The molecule has 1 fully saturated rings. The molecule has 174 valence electrons. The van der Waals surface area contributed by atoms with Gasteiger partial charge in [-0.2, -0.15) is 0 Å². The summed E-state index contributed by atoms with van der Waals surface area (Å²) in [5.41, 5.74) is 2.30. The summed E-state index contributed by atoms with van der Waals surface area (Å²) in [6.45, 7) is 0.408. The molecule has 3 aromatic rings. The SMILES string of the molecule is O=C1S/C(=C\c2cc(Br)c(OCc3ccccc3Cl)c(Br)c2)C(=O)N1Cc1ccc(Cl)c(Cl)c1. The van der Waals surface area contributed by atoms with E-state index in [-0.39, 0.29) is 17.7 Å². The molecule has 34 heavy (non-hydrogen) atoms. The van der Waals surface area contributed by atoms with Gasteiger partial charge >= 0.3 is 0 Å². The van der Waals surface area contributed by atoms with Crippen molar-refractivity contribution in [1.82, 2.24) is 4.90 Å². The summed E-state index contributed by atoms with van der Waals surface area (Å²) in [4.78, 5) is 26.9. The van der Waals surface area contributed by atoms with Gasteiger partial charge in [0.2, 0.25) is 0 Å². The first-order valence-corrected chi connectivity index (χ1v) is 13.3. The minimum Gasteiger partial charge on any atom is -0.486 e. The second kappa shape index (κ2) is 11.1. The Morgan fingerprint density at radius 3 is 2.29 bits per heavy atom. The Morgan fingerprint density at radius 1 is 0.912 bits per heavy atom. The monoisotopic (exact) mass is 659 g/mol. The number of nitrogens with zero attached hydrogens (tertiary/aromatic N) is 1. The van der Waals surface area contributed by atoms with E-state index in [9.17, 15) is 9.59 Å². The average molecular weight is 663 g/mol. The summed E-state index contributed by atoms with van der Waals surface area (Å²) >= 11 is 26.1. The zero-order chi connectivity index (χ0) is 24.4. The quantitative estimate of drug-likeness (QED) is 0.247. The molecular weight excluding hydrogens is 649 g/mol. The van der Waals surface area contributed by atoms with E-state index in [4.69, 9.17) is 39.5 Å². The molecule has 0 aliphatic carbocycles. The standard InChI is InChI=1S/C24H14Br2Cl3NO3S/c25-16-7-14(8-17(26)22(16)33-12-15-3-1-2-4-18(15)27)10-21-23(31)30(24(32)34-21)11-13-5-6-19(28)20(29)9-13/h1-10H,11-12H2/b21-10-. The predicted molar refractivity (Wildman–Crippen MR) is 146 cm³/mol. The Bertz CT molecular complexity index is 1310. The zero-order valence-electron chi connectivity index (χ0n) is 17.2. The van der Waals surface area contributed by atoms with Crippen LogP contribution in [0.4, 0.5) is 4.79 Å². The maximum absolute atomic E-state index is 12.9. The number of carbonyl (C=O) groups excluding carboxylic acids is 2. The summed E-state index contributed by atoms with van der Waals surface area (Å²) < 4.78 is 7.33. The minimum absolute atomic E-state index is 0.112. The van der Waals surface area contributed by atoms with Crippen molar-refractivity contribution in [2.45, 2.75) is 13.2 Å². The molecule has 2 amide bonds. The van der Waals surface area contributed by atoms with E-state index in [1.807, 2.05) is 36.4 Å². The van der Waals surface area contributed by atoms with Crippen LogP contribution < -0.4 is 4.74 Å². The summed E-state index contributed by atoms with van der Waals surface area (Å²) in [6.07, 6.45) is 1.67. The van der Waals surface area contributed by atoms with Gasteiger partial charge in [0.1, 0.15) is 12.4 Å². The number of hydrogen-bond donors (Lipinski definition) is 0. The smallest absolute Gasteiger partial charge is 0.293 e. The van der Waals surface area contributed by atoms with Crippen molar-refractivity contribution >= 4 is 95.6 Å². The highest BCUT2D eigenvalue weighted by molar-refractivity contribution is 9.11. The topological polar surface area (TPSA) is 46.6 Å². The molecule has 4 rings (SSSR count). The Morgan fingerprint density at radius 2 is 1.62 bits per heavy atom. The van der Waals surface area contributed by atoms with Crippen LogP contribution in [0.25, 0.3) is 6.08 Å². The highest BCUT2D eigenvalue weighted by Crippen LogP contribution is 2.39. The molecule has 10 heteroatoms. The fourth-order valence-corrected chi connectivity index (χ4v) is 5.97. The first-order chi connectivity index (χ1) is 16.2. The molecule has 1 heterocycles. The van der Waals surface area contributed by atoms with Crippen LogP contribution in [0, 0.1) is 0 Å². The van der Waals surface area contributed by atoms with Crippen molar-refractivity contribution in [1.29, 1.82) is 0 Å². The molecule has 1 aliphatic heterocycles. The van der Waals surface area contributed by atoms with Crippen LogP contribution in [-0.4, -0.2) is 16.0 Å². The molecule has 0 saturated carbocycles. The van der Waals surface area contributed by atoms with Crippen molar-refractivity contribution in [3.63, 3.8) is 0 Å². The van der Waals surface area contributed by atoms with Crippen LogP contribution in [0.3, 0.4) is 0 Å². The van der Waals surface area contributed by atoms with E-state index >= 15 is 0 Å². The van der Waals surface area contributed by atoms with Crippen molar-refractivity contribution in [2.24, 2.45) is 0 Å². The van der Waals surface area contributed by atoms with E-state index in [1.54, 1.807) is 24.3 Å². The van der Waals surface area contributed by atoms with Gasteiger partial charge in [-0.3, -0.25) is 14.5 Å². The first kappa shape index (κ1) is 25.6. The van der Waals surface area contributed by atoms with Crippen LogP contribution in [0.5, 0.6) is 5.75 Å². The van der Waals surface area contributed by atoms with Crippen LogP contribution in [-0.2, 0) is 17.9 Å². The molecule has 0 bridgehead atoms. The normalized spacial score (nSPS) is 14.9. The van der Waals surface area contributed by atoms with E-state index in [0.29, 0.717) is 46.8 Å². The van der Waals surface area contributed by atoms with Gasteiger partial charge in [-0.1, -0.05) is 59.1 Å². The van der Waals surface area contributed by atoms with E-state index < -0.39 is 0 Å². The van der Waals surface area contributed by atoms with Gasteiger partial charge < -0.3 is 4.74 Å². The van der Waals surface area contributed by atoms with Gasteiger partial charge in [-0.15, -0.1) is 0 Å². The third kappa shape index (κ3) is 5.83. The van der Waals surface area contributed by atoms with Gasteiger partial charge in [0.05, 0.1) is 30.4 Å². The number of imide groups is 1. The molecule has 1 aliphatic rings.